The van der Waals surface area contributed by atoms with Crippen molar-refractivity contribution in [3.8, 4) is 0 Å². The molecule has 0 saturated heterocycles. The summed E-state index contributed by atoms with van der Waals surface area (Å²) < 4.78 is 0. The normalized spacial score (nSPS) is 0. The molecule has 0 unspecified atom stereocenters. The van der Waals surface area contributed by atoms with Gasteiger partial charge in [-0.1, -0.05) is 0 Å². The summed E-state index contributed by atoms with van der Waals surface area (Å²) in [5.74, 6) is 0. The third kappa shape index (κ3) is 9.00. The summed E-state index contributed by atoms with van der Waals surface area (Å²) in [6.45, 7) is 0. The van der Waals surface area contributed by atoms with Crippen LogP contribution >= 0.6 is 0 Å². The van der Waals surface area contributed by atoms with Gasteiger partial charge in [0.2, 0.25) is 0 Å². The number of rotatable bonds is 0. The predicted octanol–water partition coefficient (Wildman–Crippen LogP) is -0.388. The van der Waals surface area contributed by atoms with Crippen LogP contribution in [0.25, 0.3) is 0 Å². The average Bonchev–Trinajstić information content (AvgIpc) is 0. The Morgan fingerprint density at radius 3 is 1.00 bits per heavy atom. The molecular weight excluding hydrogens is 211 g/mol. The molecule has 0 aromatic rings. The first kappa shape index (κ1) is 26.6. The average molecular weight is 211 g/mol. The predicted molar refractivity (Wildman–Crippen MR) is 5.75 cm³/mol. The molecule has 0 amide bonds. The van der Waals surface area contributed by atoms with Crippen molar-refractivity contribution in [3.05, 3.63) is 0 Å². The smallest absolute Gasteiger partial charge is 0 e. The Labute approximate surface area is 103 Å². The molecule has 0 aliphatic carbocycles. The molecule has 4 heteroatoms. The molecule has 16 valence electrons. The van der Waals surface area contributed by atoms with E-state index in [1.165, 1.54) is 0 Å². The molecule has 0 N–H and O–H groups in total. The van der Waals surface area contributed by atoms with E-state index in [0.717, 1.165) is 0 Å². The van der Waals surface area contributed by atoms with Gasteiger partial charge in [0.25, 0.3) is 0 Å². The topological polar surface area (TPSA) is 0 Å². The van der Waals surface area contributed by atoms with Crippen molar-refractivity contribution >= 4 is 51.4 Å². The molecule has 0 rings (SSSR count). The van der Waals surface area contributed by atoms with Crippen LogP contribution in [0.15, 0.2) is 0 Å². The van der Waals surface area contributed by atoms with E-state index in [1.54, 1.807) is 0 Å². The quantitative estimate of drug-likeness (QED) is 0.479. The van der Waals surface area contributed by atoms with Gasteiger partial charge in [0.1, 0.15) is 0 Å². The van der Waals surface area contributed by atoms with E-state index in [1.807, 2.05) is 0 Å². The van der Waals surface area contributed by atoms with E-state index in [0.29, 0.717) is 0 Å². The zero-order chi connectivity index (χ0) is 0. The zero-order valence-electron chi connectivity index (χ0n) is 2.49. The maximum atomic E-state index is 0. The van der Waals surface area contributed by atoms with Crippen LogP contribution in [0, 0.1) is 0 Å². The van der Waals surface area contributed by atoms with Crippen molar-refractivity contribution in [2.75, 3.05) is 0 Å². The maximum Gasteiger partial charge on any atom is 0 e. The molecule has 0 aromatic carbocycles. The molecule has 0 spiro atoms. The Balaban J connectivity index is 0. The van der Waals surface area contributed by atoms with E-state index in [-0.39, 0.29) is 105 Å². The SMILES string of the molecule is [Cr].[K].[Mn].[Zn]. The Kier molecular flexibility index (Phi) is 108. The van der Waals surface area contributed by atoms with Crippen LogP contribution in [0.2, 0.25) is 0 Å². The van der Waals surface area contributed by atoms with Gasteiger partial charge in [-0.05, 0) is 0 Å². The van der Waals surface area contributed by atoms with Gasteiger partial charge in [0.15, 0.2) is 0 Å². The molecule has 0 atom stereocenters. The largest absolute Gasteiger partial charge is 0 e. The van der Waals surface area contributed by atoms with E-state index in [2.05, 4.69) is 0 Å². The molecule has 0 saturated carbocycles. The van der Waals surface area contributed by atoms with Crippen LogP contribution in [-0.2, 0) is 53.9 Å². The summed E-state index contributed by atoms with van der Waals surface area (Å²) in [7, 11) is 0. The van der Waals surface area contributed by atoms with Crippen molar-refractivity contribution in [1.82, 2.24) is 0 Å². The third-order valence-corrected chi connectivity index (χ3v) is 0. The van der Waals surface area contributed by atoms with Crippen LogP contribution in [-0.4, -0.2) is 51.4 Å². The fourth-order valence-corrected chi connectivity index (χ4v) is 0. The fraction of sp³-hybridized carbons (Fsp3) is 0. The third-order valence-electron chi connectivity index (χ3n) is 0. The molecule has 0 aliphatic rings. The van der Waals surface area contributed by atoms with E-state index >= 15 is 0 Å². The van der Waals surface area contributed by atoms with Gasteiger partial charge in [-0.15, -0.1) is 0 Å². The summed E-state index contributed by atoms with van der Waals surface area (Å²) in [4.78, 5) is 0. The number of hydrogen-bond acceptors (Lipinski definition) is 0. The molecule has 0 bridgehead atoms. The van der Waals surface area contributed by atoms with Crippen LogP contribution in [0.1, 0.15) is 0 Å². The van der Waals surface area contributed by atoms with Crippen LogP contribution in [0.5, 0.6) is 0 Å². The fourth-order valence-electron chi connectivity index (χ4n) is 0. The van der Waals surface area contributed by atoms with Gasteiger partial charge >= 0.3 is 0 Å². The van der Waals surface area contributed by atoms with Crippen LogP contribution in [0.4, 0.5) is 0 Å². The van der Waals surface area contributed by atoms with E-state index < -0.39 is 0 Å². The van der Waals surface area contributed by atoms with Gasteiger partial charge < -0.3 is 0 Å². The van der Waals surface area contributed by atoms with Gasteiger partial charge in [0.05, 0.1) is 0 Å². The van der Waals surface area contributed by atoms with E-state index in [4.69, 9.17) is 0 Å². The molecule has 4 heavy (non-hydrogen) atoms. The first-order chi connectivity index (χ1) is 0. The second kappa shape index (κ2) is 16.2. The van der Waals surface area contributed by atoms with Gasteiger partial charge in [-0.25, -0.2) is 0 Å². The first-order valence-corrected chi connectivity index (χ1v) is 0. The standard InChI is InChI=1S/Cr.K.Mn.Zn. The molecule has 0 aliphatic heterocycles. The molecule has 2 radical (unpaired) electrons. The van der Waals surface area contributed by atoms with Crippen molar-refractivity contribution in [1.29, 1.82) is 0 Å². The Hall–Kier alpha value is 3.31. The minimum Gasteiger partial charge on any atom is 0 e. The number of hydrogen-bond donors (Lipinski definition) is 0. The molecular formula is CrKMnZn. The van der Waals surface area contributed by atoms with Gasteiger partial charge in [-0.2, -0.15) is 0 Å². The van der Waals surface area contributed by atoms with Crippen molar-refractivity contribution < 1.29 is 53.9 Å². The molecule has 0 fully saturated rings. The second-order valence-electron chi connectivity index (χ2n) is 0. The summed E-state index contributed by atoms with van der Waals surface area (Å²) in [5, 5.41) is 0. The Morgan fingerprint density at radius 2 is 1.00 bits per heavy atom. The van der Waals surface area contributed by atoms with Gasteiger partial charge in [0, 0.05) is 105 Å². The minimum absolute atomic E-state index is 0. The van der Waals surface area contributed by atoms with Crippen molar-refractivity contribution in [2.24, 2.45) is 0 Å². The first-order valence-electron chi connectivity index (χ1n) is 0. The Bertz CT molecular complexity index is 8.00. The molecule has 0 aromatic heterocycles. The maximum absolute atomic E-state index is 0. The minimum atomic E-state index is 0. The van der Waals surface area contributed by atoms with Crippen LogP contribution < -0.4 is 0 Å². The Morgan fingerprint density at radius 1 is 1.00 bits per heavy atom. The summed E-state index contributed by atoms with van der Waals surface area (Å²) >= 11 is 0. The van der Waals surface area contributed by atoms with Crippen molar-refractivity contribution in [2.45, 2.75) is 0 Å². The summed E-state index contributed by atoms with van der Waals surface area (Å²) in [6, 6.07) is 0. The monoisotopic (exact) mass is 210 g/mol. The summed E-state index contributed by atoms with van der Waals surface area (Å²) in [6.07, 6.45) is 0. The molecule has 0 nitrogen and oxygen atoms in total. The van der Waals surface area contributed by atoms with Crippen LogP contribution in [0.3, 0.4) is 0 Å². The second-order valence-corrected chi connectivity index (χ2v) is 0. The molecule has 0 heterocycles. The van der Waals surface area contributed by atoms with E-state index in [9.17, 15) is 0 Å². The van der Waals surface area contributed by atoms with Crippen molar-refractivity contribution in [3.63, 3.8) is 0 Å². The summed E-state index contributed by atoms with van der Waals surface area (Å²) in [5.41, 5.74) is 0. The van der Waals surface area contributed by atoms with Gasteiger partial charge in [-0.3, -0.25) is 0 Å². The zero-order valence-corrected chi connectivity index (χ0v) is 11.0.